The molecule has 0 saturated carbocycles. The van der Waals surface area contributed by atoms with Crippen LogP contribution in [0.3, 0.4) is 0 Å². The Labute approximate surface area is 95.2 Å². The van der Waals surface area contributed by atoms with Gasteiger partial charge in [-0.3, -0.25) is 0 Å². The number of hydrogen-bond donors (Lipinski definition) is 0. The number of carbonyl (C=O) groups excluding carboxylic acids is 2. The summed E-state index contributed by atoms with van der Waals surface area (Å²) in [7, 11) is 2.42. The number of ether oxygens (including phenoxy) is 2. The Kier molecular flexibility index (Phi) is 6.59. The summed E-state index contributed by atoms with van der Waals surface area (Å²) < 4.78 is 8.94. The summed E-state index contributed by atoms with van der Waals surface area (Å²) >= 11 is 0. The second-order valence-corrected chi connectivity index (χ2v) is 3.00. The van der Waals surface area contributed by atoms with E-state index >= 15 is 0 Å². The van der Waals surface area contributed by atoms with Gasteiger partial charge >= 0.3 is 11.9 Å². The Morgan fingerprint density at radius 1 is 1.19 bits per heavy atom. The van der Waals surface area contributed by atoms with Crippen LogP contribution in [0.15, 0.2) is 36.5 Å². The highest BCUT2D eigenvalue weighted by Gasteiger charge is 2.18. The fraction of sp³-hybridized carbons (Fsp3) is 0.333. The lowest BCUT2D eigenvalue weighted by Gasteiger charge is -2.03. The minimum Gasteiger partial charge on any atom is -0.465 e. The lowest BCUT2D eigenvalue weighted by atomic mass is 10.1. The minimum atomic E-state index is -0.698. The number of hydrogen-bond acceptors (Lipinski definition) is 4. The topological polar surface area (TPSA) is 52.6 Å². The van der Waals surface area contributed by atoms with Gasteiger partial charge in [0, 0.05) is 0 Å². The van der Waals surface area contributed by atoms with Gasteiger partial charge in [0.15, 0.2) is 0 Å². The van der Waals surface area contributed by atoms with Crippen LogP contribution in [-0.4, -0.2) is 26.2 Å². The van der Waals surface area contributed by atoms with Crippen molar-refractivity contribution in [2.75, 3.05) is 14.2 Å². The fourth-order valence-corrected chi connectivity index (χ4v) is 0.974. The van der Waals surface area contributed by atoms with Gasteiger partial charge in [0.2, 0.25) is 0 Å². The molecular weight excluding hydrogens is 208 g/mol. The molecule has 0 saturated heterocycles. The first kappa shape index (κ1) is 14.2. The zero-order valence-corrected chi connectivity index (χ0v) is 9.62. The molecule has 0 aliphatic carbocycles. The predicted octanol–water partition coefficient (Wildman–Crippen LogP) is 1.78. The molecule has 0 rings (SSSR count). The number of esters is 2. The van der Waals surface area contributed by atoms with Crippen molar-refractivity contribution >= 4 is 11.9 Å². The quantitative estimate of drug-likeness (QED) is 0.227. The van der Waals surface area contributed by atoms with Gasteiger partial charge in [0.25, 0.3) is 0 Å². The summed E-state index contributed by atoms with van der Waals surface area (Å²) in [6.45, 7) is 7.28. The third-order valence-corrected chi connectivity index (χ3v) is 1.91. The number of methoxy groups -OCH3 is 2. The molecular formula is C12H16O4. The molecule has 0 bridgehead atoms. The predicted molar refractivity (Wildman–Crippen MR) is 60.7 cm³/mol. The van der Waals surface area contributed by atoms with Crippen molar-refractivity contribution in [3.05, 3.63) is 36.5 Å². The van der Waals surface area contributed by atoms with Crippen LogP contribution in [0.4, 0.5) is 0 Å². The highest BCUT2D eigenvalue weighted by Crippen LogP contribution is 2.08. The van der Waals surface area contributed by atoms with Crippen molar-refractivity contribution in [3.63, 3.8) is 0 Å². The molecule has 0 amide bonds. The van der Waals surface area contributed by atoms with E-state index in [2.05, 4.69) is 22.6 Å². The van der Waals surface area contributed by atoms with Crippen LogP contribution in [0, 0.1) is 0 Å². The average molecular weight is 224 g/mol. The average Bonchev–Trinajstić information content (AvgIpc) is 2.32. The van der Waals surface area contributed by atoms with Crippen molar-refractivity contribution in [2.24, 2.45) is 0 Å². The molecule has 0 fully saturated rings. The van der Waals surface area contributed by atoms with E-state index in [-0.39, 0.29) is 5.57 Å². The Balaban J connectivity index is 4.57. The molecule has 0 aromatic carbocycles. The zero-order valence-electron chi connectivity index (χ0n) is 9.62. The maximum absolute atomic E-state index is 11.2. The lowest BCUT2D eigenvalue weighted by molar-refractivity contribution is -0.144. The SMILES string of the molecule is C=CC(=C)CCC=C(C(=O)OC)C(=O)OC. The van der Waals surface area contributed by atoms with Crippen LogP contribution in [-0.2, 0) is 19.1 Å². The van der Waals surface area contributed by atoms with E-state index in [1.54, 1.807) is 6.08 Å². The van der Waals surface area contributed by atoms with Crippen LogP contribution >= 0.6 is 0 Å². The highest BCUT2D eigenvalue weighted by molar-refractivity contribution is 6.13. The monoisotopic (exact) mass is 224 g/mol. The number of rotatable bonds is 6. The van der Waals surface area contributed by atoms with Crippen LogP contribution in [0.5, 0.6) is 0 Å². The maximum atomic E-state index is 11.2. The minimum absolute atomic E-state index is 0.0955. The lowest BCUT2D eigenvalue weighted by Crippen LogP contribution is -2.15. The third-order valence-electron chi connectivity index (χ3n) is 1.91. The van der Waals surface area contributed by atoms with Gasteiger partial charge < -0.3 is 9.47 Å². The maximum Gasteiger partial charge on any atom is 0.344 e. The standard InChI is InChI=1S/C12H16O4/c1-5-9(2)7-6-8-10(11(13)15-3)12(14)16-4/h5,8H,1-2,6-7H2,3-4H3. The molecule has 0 radical (unpaired) electrons. The summed E-state index contributed by atoms with van der Waals surface area (Å²) in [6.07, 6.45) is 4.24. The van der Waals surface area contributed by atoms with Gasteiger partial charge in [-0.1, -0.05) is 30.9 Å². The van der Waals surface area contributed by atoms with Crippen molar-refractivity contribution < 1.29 is 19.1 Å². The van der Waals surface area contributed by atoms with Gasteiger partial charge in [-0.05, 0) is 12.8 Å². The second kappa shape index (κ2) is 7.45. The van der Waals surface area contributed by atoms with Gasteiger partial charge in [-0.2, -0.15) is 0 Å². The van der Waals surface area contributed by atoms with E-state index in [0.717, 1.165) is 5.57 Å². The molecule has 4 nitrogen and oxygen atoms in total. The van der Waals surface area contributed by atoms with Gasteiger partial charge in [0.05, 0.1) is 14.2 Å². The molecule has 88 valence electrons. The summed E-state index contributed by atoms with van der Waals surface area (Å²) in [5.74, 6) is -1.40. The van der Waals surface area contributed by atoms with Gasteiger partial charge in [0.1, 0.15) is 5.57 Å². The number of carbonyl (C=O) groups is 2. The van der Waals surface area contributed by atoms with E-state index in [1.165, 1.54) is 20.3 Å². The van der Waals surface area contributed by atoms with E-state index in [1.807, 2.05) is 0 Å². The molecule has 16 heavy (non-hydrogen) atoms. The molecule has 0 aromatic heterocycles. The molecule has 0 aliphatic rings. The van der Waals surface area contributed by atoms with Crippen molar-refractivity contribution in [2.45, 2.75) is 12.8 Å². The Morgan fingerprint density at radius 2 is 1.69 bits per heavy atom. The van der Waals surface area contributed by atoms with Crippen molar-refractivity contribution in [1.29, 1.82) is 0 Å². The van der Waals surface area contributed by atoms with Crippen molar-refractivity contribution in [1.82, 2.24) is 0 Å². The third kappa shape index (κ3) is 4.59. The van der Waals surface area contributed by atoms with E-state index in [0.29, 0.717) is 12.8 Å². The van der Waals surface area contributed by atoms with Crippen LogP contribution < -0.4 is 0 Å². The van der Waals surface area contributed by atoms with Crippen LogP contribution in [0.2, 0.25) is 0 Å². The zero-order chi connectivity index (χ0) is 12.6. The van der Waals surface area contributed by atoms with Gasteiger partial charge in [-0.15, -0.1) is 0 Å². The Morgan fingerprint density at radius 3 is 2.06 bits per heavy atom. The second-order valence-electron chi connectivity index (χ2n) is 3.00. The largest absolute Gasteiger partial charge is 0.465 e. The first-order valence-electron chi connectivity index (χ1n) is 4.73. The Bertz CT molecular complexity index is 308. The summed E-state index contributed by atoms with van der Waals surface area (Å²) in [4.78, 5) is 22.4. The first-order valence-corrected chi connectivity index (χ1v) is 4.73. The molecule has 0 aliphatic heterocycles. The molecule has 0 atom stereocenters. The molecule has 0 heterocycles. The fourth-order valence-electron chi connectivity index (χ4n) is 0.974. The van der Waals surface area contributed by atoms with Gasteiger partial charge in [-0.25, -0.2) is 9.59 Å². The summed E-state index contributed by atoms with van der Waals surface area (Å²) in [5.41, 5.74) is 0.743. The smallest absolute Gasteiger partial charge is 0.344 e. The van der Waals surface area contributed by atoms with Crippen LogP contribution in [0.1, 0.15) is 12.8 Å². The number of allylic oxidation sites excluding steroid dienone is 3. The molecule has 0 N–H and O–H groups in total. The Hall–Kier alpha value is -1.84. The summed E-state index contributed by atoms with van der Waals surface area (Å²) in [5, 5.41) is 0. The molecule has 0 spiro atoms. The van der Waals surface area contributed by atoms with Crippen LogP contribution in [0.25, 0.3) is 0 Å². The van der Waals surface area contributed by atoms with Crippen molar-refractivity contribution in [3.8, 4) is 0 Å². The summed E-state index contributed by atoms with van der Waals surface area (Å²) in [6, 6.07) is 0. The highest BCUT2D eigenvalue weighted by atomic mass is 16.5. The molecule has 0 unspecified atom stereocenters. The molecule has 4 heteroatoms. The normalized spacial score (nSPS) is 8.88. The van der Waals surface area contributed by atoms with E-state index in [4.69, 9.17) is 0 Å². The first-order chi connectivity index (χ1) is 7.56. The van der Waals surface area contributed by atoms with E-state index < -0.39 is 11.9 Å². The van der Waals surface area contributed by atoms with E-state index in [9.17, 15) is 9.59 Å². The molecule has 0 aromatic rings.